The molecular formula is C20H30N4O11. The van der Waals surface area contributed by atoms with Crippen molar-refractivity contribution in [2.24, 2.45) is 5.92 Å². The van der Waals surface area contributed by atoms with Crippen LogP contribution in [0.2, 0.25) is 0 Å². The third-order valence-electron chi connectivity index (χ3n) is 4.88. The largest absolute Gasteiger partial charge is 0.447 e. The van der Waals surface area contributed by atoms with Crippen molar-refractivity contribution < 1.29 is 48.7 Å². The third kappa shape index (κ3) is 7.35. The summed E-state index contributed by atoms with van der Waals surface area (Å²) < 4.78 is 20.8. The SMILES string of the molecule is CC(OC(=O)NCCOC(=O)Nc1ccn([C@@H]2O[C@H](CO)[C@@H](O)[C@@]2(C)O)c(=O)n1)OC(=O)C(C)C. The number of rotatable bonds is 9. The van der Waals surface area contributed by atoms with Crippen molar-refractivity contribution in [3.8, 4) is 0 Å². The molecule has 15 heteroatoms. The summed E-state index contributed by atoms with van der Waals surface area (Å²) in [7, 11) is 0. The third-order valence-corrected chi connectivity index (χ3v) is 4.88. The van der Waals surface area contributed by atoms with Crippen molar-refractivity contribution in [2.75, 3.05) is 25.1 Å². The zero-order valence-corrected chi connectivity index (χ0v) is 19.7. The minimum Gasteiger partial charge on any atom is -0.447 e. The first-order valence-electron chi connectivity index (χ1n) is 10.7. The Kier molecular flexibility index (Phi) is 9.53. The molecule has 1 saturated heterocycles. The second-order valence-electron chi connectivity index (χ2n) is 8.13. The molecule has 2 rings (SSSR count). The molecule has 0 bridgehead atoms. The quantitative estimate of drug-likeness (QED) is 0.158. The average molecular weight is 502 g/mol. The lowest BCUT2D eigenvalue weighted by molar-refractivity contribution is -0.168. The minimum absolute atomic E-state index is 0.116. The Morgan fingerprint density at radius 1 is 1.26 bits per heavy atom. The number of amides is 2. The summed E-state index contributed by atoms with van der Waals surface area (Å²) in [6.45, 7) is 4.94. The maximum absolute atomic E-state index is 12.4. The fraction of sp³-hybridized carbons (Fsp3) is 0.650. The number of aromatic nitrogens is 2. The highest BCUT2D eigenvalue weighted by Crippen LogP contribution is 2.37. The Balaban J connectivity index is 1.79. The number of carbonyl (C=O) groups is 3. The van der Waals surface area contributed by atoms with Gasteiger partial charge in [-0.2, -0.15) is 4.98 Å². The van der Waals surface area contributed by atoms with Gasteiger partial charge in [-0.15, -0.1) is 0 Å². The number of aliphatic hydroxyl groups excluding tert-OH is 2. The van der Waals surface area contributed by atoms with Crippen LogP contribution in [0.3, 0.4) is 0 Å². The molecule has 196 valence electrons. The standard InChI is InChI=1S/C20H30N4O11/c1-10(2)15(27)33-11(3)34-18(29)21-6-8-32-19(30)23-13-5-7-24(17(28)22-13)16-20(4,31)14(26)12(9-25)35-16/h5,7,10-12,14,16,25-26,31H,6,8-9H2,1-4H3,(H,21,29)(H,22,23,28,30)/t11?,12-,14-,16-,20-/m1/s1. The zero-order valence-electron chi connectivity index (χ0n) is 19.7. The number of nitrogens with zero attached hydrogens (tertiary/aromatic N) is 2. The van der Waals surface area contributed by atoms with E-state index in [1.165, 1.54) is 26.1 Å². The summed E-state index contributed by atoms with van der Waals surface area (Å²) in [5.74, 6) is -1.07. The van der Waals surface area contributed by atoms with Crippen LogP contribution in [0.5, 0.6) is 0 Å². The molecule has 1 aromatic heterocycles. The number of aliphatic hydroxyl groups is 3. The number of nitrogens with one attached hydrogen (secondary N) is 2. The van der Waals surface area contributed by atoms with Crippen molar-refractivity contribution in [1.29, 1.82) is 0 Å². The van der Waals surface area contributed by atoms with Gasteiger partial charge in [-0.25, -0.2) is 14.4 Å². The van der Waals surface area contributed by atoms with Gasteiger partial charge in [-0.3, -0.25) is 14.7 Å². The Morgan fingerprint density at radius 3 is 2.51 bits per heavy atom. The van der Waals surface area contributed by atoms with Crippen molar-refractivity contribution >= 4 is 24.0 Å². The van der Waals surface area contributed by atoms with Crippen LogP contribution in [-0.2, 0) is 23.7 Å². The van der Waals surface area contributed by atoms with Crippen LogP contribution in [0.1, 0.15) is 33.9 Å². The fourth-order valence-corrected chi connectivity index (χ4v) is 3.00. The van der Waals surface area contributed by atoms with Crippen LogP contribution in [0.25, 0.3) is 0 Å². The number of hydrogen-bond acceptors (Lipinski definition) is 12. The minimum atomic E-state index is -1.88. The Bertz CT molecular complexity index is 965. The molecule has 1 aliphatic heterocycles. The molecule has 15 nitrogen and oxygen atoms in total. The molecule has 1 fully saturated rings. The number of esters is 1. The smallest absolute Gasteiger partial charge is 0.412 e. The van der Waals surface area contributed by atoms with Gasteiger partial charge in [0, 0.05) is 13.1 Å². The molecule has 0 aromatic carbocycles. The van der Waals surface area contributed by atoms with Crippen molar-refractivity contribution in [1.82, 2.24) is 14.9 Å². The predicted octanol–water partition coefficient (Wildman–Crippen LogP) is -0.935. The van der Waals surface area contributed by atoms with E-state index in [0.29, 0.717) is 0 Å². The lowest BCUT2D eigenvalue weighted by atomic mass is 9.96. The molecule has 5 atom stereocenters. The molecule has 0 radical (unpaired) electrons. The summed E-state index contributed by atoms with van der Waals surface area (Å²) >= 11 is 0. The number of carbonyl (C=O) groups excluding carboxylic acids is 3. The first-order valence-corrected chi connectivity index (χ1v) is 10.7. The molecule has 2 heterocycles. The Labute approximate surface area is 199 Å². The van der Waals surface area contributed by atoms with E-state index in [2.05, 4.69) is 15.6 Å². The van der Waals surface area contributed by atoms with E-state index in [4.69, 9.17) is 18.9 Å². The second-order valence-corrected chi connectivity index (χ2v) is 8.13. The van der Waals surface area contributed by atoms with E-state index < -0.39 is 60.8 Å². The summed E-state index contributed by atoms with van der Waals surface area (Å²) in [4.78, 5) is 51.0. The van der Waals surface area contributed by atoms with Crippen molar-refractivity contribution in [3.63, 3.8) is 0 Å². The van der Waals surface area contributed by atoms with Crippen LogP contribution < -0.4 is 16.3 Å². The monoisotopic (exact) mass is 502 g/mol. The summed E-state index contributed by atoms with van der Waals surface area (Å²) in [6, 6.07) is 1.23. The van der Waals surface area contributed by atoms with Gasteiger partial charge < -0.3 is 39.6 Å². The van der Waals surface area contributed by atoms with Crippen LogP contribution in [0, 0.1) is 5.92 Å². The second kappa shape index (κ2) is 11.9. The maximum Gasteiger partial charge on any atom is 0.412 e. The van der Waals surface area contributed by atoms with Gasteiger partial charge in [0.05, 0.1) is 19.1 Å². The molecule has 0 spiro atoms. The molecule has 1 aliphatic rings. The molecule has 35 heavy (non-hydrogen) atoms. The lowest BCUT2D eigenvalue weighted by Crippen LogP contribution is -2.46. The Hall–Kier alpha value is -3.27. The van der Waals surface area contributed by atoms with Gasteiger partial charge in [-0.05, 0) is 13.0 Å². The van der Waals surface area contributed by atoms with Crippen LogP contribution in [0.4, 0.5) is 15.4 Å². The van der Waals surface area contributed by atoms with Gasteiger partial charge in [0.1, 0.15) is 30.2 Å². The van der Waals surface area contributed by atoms with Gasteiger partial charge in [0.2, 0.25) is 6.29 Å². The highest BCUT2D eigenvalue weighted by atomic mass is 16.7. The summed E-state index contributed by atoms with van der Waals surface area (Å²) in [5.41, 5.74) is -2.79. The summed E-state index contributed by atoms with van der Waals surface area (Å²) in [5, 5.41) is 34.3. The number of ether oxygens (including phenoxy) is 4. The zero-order chi connectivity index (χ0) is 26.3. The first kappa shape index (κ1) is 28.0. The van der Waals surface area contributed by atoms with Crippen molar-refractivity contribution in [2.45, 2.75) is 58.0 Å². The van der Waals surface area contributed by atoms with Gasteiger partial charge in [-0.1, -0.05) is 13.8 Å². The Morgan fingerprint density at radius 2 is 1.94 bits per heavy atom. The van der Waals surface area contributed by atoms with E-state index in [9.17, 15) is 34.5 Å². The summed E-state index contributed by atoms with van der Waals surface area (Å²) in [6.07, 6.45) is -5.64. The molecule has 2 amide bonds. The first-order chi connectivity index (χ1) is 16.4. The van der Waals surface area contributed by atoms with Gasteiger partial charge in [0.15, 0.2) is 6.23 Å². The highest BCUT2D eigenvalue weighted by Gasteiger charge is 2.53. The van der Waals surface area contributed by atoms with Crippen LogP contribution >= 0.6 is 0 Å². The van der Waals surface area contributed by atoms with Gasteiger partial charge in [0.25, 0.3) is 0 Å². The van der Waals surface area contributed by atoms with E-state index in [-0.39, 0.29) is 24.9 Å². The fourth-order valence-electron chi connectivity index (χ4n) is 3.00. The molecule has 0 saturated carbocycles. The molecular weight excluding hydrogens is 472 g/mol. The van der Waals surface area contributed by atoms with Crippen LogP contribution in [-0.4, -0.2) is 86.9 Å². The van der Waals surface area contributed by atoms with E-state index >= 15 is 0 Å². The van der Waals surface area contributed by atoms with Gasteiger partial charge >= 0.3 is 23.8 Å². The van der Waals surface area contributed by atoms with E-state index in [1.807, 2.05) is 0 Å². The molecule has 0 aliphatic carbocycles. The maximum atomic E-state index is 12.4. The molecule has 1 unspecified atom stereocenters. The number of alkyl carbamates (subject to hydrolysis) is 1. The van der Waals surface area contributed by atoms with Crippen molar-refractivity contribution in [3.05, 3.63) is 22.7 Å². The normalized spacial score (nSPS) is 24.5. The van der Waals surface area contributed by atoms with E-state index in [1.54, 1.807) is 13.8 Å². The highest BCUT2D eigenvalue weighted by molar-refractivity contribution is 5.83. The van der Waals surface area contributed by atoms with Crippen LogP contribution in [0.15, 0.2) is 17.1 Å². The lowest BCUT2D eigenvalue weighted by Gasteiger charge is -2.27. The topological polar surface area (TPSA) is 208 Å². The average Bonchev–Trinajstić information content (AvgIpc) is 2.99. The molecule has 5 N–H and O–H groups in total. The number of hydrogen-bond donors (Lipinski definition) is 5. The molecule has 1 aromatic rings. The predicted molar refractivity (Wildman–Crippen MR) is 116 cm³/mol. The van der Waals surface area contributed by atoms with E-state index in [0.717, 1.165) is 4.57 Å². The number of anilines is 1.